The molecule has 0 amide bonds. The first-order valence-electron chi connectivity index (χ1n) is 11.7. The van der Waals surface area contributed by atoms with Crippen LogP contribution in [0.15, 0.2) is 33.8 Å². The van der Waals surface area contributed by atoms with E-state index in [-0.39, 0.29) is 5.56 Å². The van der Waals surface area contributed by atoms with Gasteiger partial charge in [-0.2, -0.15) is 0 Å². The molecule has 0 spiro atoms. The third kappa shape index (κ3) is 3.75. The molecule has 0 bridgehead atoms. The molecule has 6 rings (SSSR count). The van der Waals surface area contributed by atoms with Gasteiger partial charge in [0, 0.05) is 57.2 Å². The molecule has 10 heteroatoms. The van der Waals surface area contributed by atoms with Crippen LogP contribution < -0.4 is 15.2 Å². The number of hydrogen-bond donors (Lipinski definition) is 0. The van der Waals surface area contributed by atoms with Crippen molar-refractivity contribution in [3.8, 4) is 5.75 Å². The first-order chi connectivity index (χ1) is 16.6. The topological polar surface area (TPSA) is 79.9 Å². The van der Waals surface area contributed by atoms with E-state index < -0.39 is 0 Å². The van der Waals surface area contributed by atoms with Gasteiger partial charge >= 0.3 is 0 Å². The SMILES string of the molecule is COc1ccc2onc(N3CCN(CCn4cnc5sc6c(c5c4=O)CCN(C)C6)CC3)c2c1. The zero-order chi connectivity index (χ0) is 23.2. The van der Waals surface area contributed by atoms with Gasteiger partial charge in [0.05, 0.1) is 24.2 Å². The standard InChI is InChI=1S/C24H28N6O3S/c1-27-6-5-17-20(14-27)34-23-21(17)24(31)30(15-25-23)12-9-28-7-10-29(11-8-28)22-18-13-16(32-2)3-4-19(18)33-26-22/h3-4,13,15H,5-12,14H2,1-2H3. The molecule has 178 valence electrons. The lowest BCUT2D eigenvalue weighted by molar-refractivity contribution is 0.246. The Morgan fingerprint density at radius 1 is 1.15 bits per heavy atom. The van der Waals surface area contributed by atoms with Crippen LogP contribution in [-0.2, 0) is 19.5 Å². The first-order valence-corrected chi connectivity index (χ1v) is 12.5. The predicted octanol–water partition coefficient (Wildman–Crippen LogP) is 2.42. The summed E-state index contributed by atoms with van der Waals surface area (Å²) in [5.74, 6) is 1.66. The third-order valence-corrected chi connectivity index (χ3v) is 8.13. The van der Waals surface area contributed by atoms with Gasteiger partial charge < -0.3 is 19.1 Å². The summed E-state index contributed by atoms with van der Waals surface area (Å²) in [7, 11) is 3.79. The monoisotopic (exact) mass is 480 g/mol. The molecule has 2 aliphatic rings. The number of thiophene rings is 1. The number of nitrogens with zero attached hydrogens (tertiary/aromatic N) is 6. The fourth-order valence-electron chi connectivity index (χ4n) is 5.00. The number of rotatable bonds is 5. The van der Waals surface area contributed by atoms with E-state index >= 15 is 0 Å². The lowest BCUT2D eigenvalue weighted by Crippen LogP contribution is -2.47. The van der Waals surface area contributed by atoms with Gasteiger partial charge in [-0.3, -0.25) is 14.3 Å². The Morgan fingerprint density at radius 3 is 2.82 bits per heavy atom. The van der Waals surface area contributed by atoms with E-state index in [1.807, 2.05) is 18.2 Å². The van der Waals surface area contributed by atoms with E-state index in [0.717, 1.165) is 85.0 Å². The smallest absolute Gasteiger partial charge is 0.262 e. The van der Waals surface area contributed by atoms with E-state index in [2.05, 4.69) is 31.9 Å². The van der Waals surface area contributed by atoms with Crippen molar-refractivity contribution in [2.75, 3.05) is 58.3 Å². The Labute approximate surface area is 201 Å². The third-order valence-electron chi connectivity index (χ3n) is 7.01. The molecule has 34 heavy (non-hydrogen) atoms. The average molecular weight is 481 g/mol. The maximum Gasteiger partial charge on any atom is 0.262 e. The van der Waals surface area contributed by atoms with Crippen molar-refractivity contribution in [1.82, 2.24) is 24.5 Å². The molecule has 9 nitrogen and oxygen atoms in total. The second-order valence-electron chi connectivity index (χ2n) is 9.11. The summed E-state index contributed by atoms with van der Waals surface area (Å²) in [4.78, 5) is 27.0. The molecule has 0 atom stereocenters. The molecule has 1 aromatic carbocycles. The minimum atomic E-state index is 0.105. The van der Waals surface area contributed by atoms with Crippen molar-refractivity contribution in [2.45, 2.75) is 19.5 Å². The summed E-state index contributed by atoms with van der Waals surface area (Å²) in [6, 6.07) is 5.75. The summed E-state index contributed by atoms with van der Waals surface area (Å²) in [5.41, 5.74) is 2.09. The Balaban J connectivity index is 1.13. The Hall–Kier alpha value is -2.95. The largest absolute Gasteiger partial charge is 0.497 e. The fourth-order valence-corrected chi connectivity index (χ4v) is 6.26. The van der Waals surface area contributed by atoms with Crippen LogP contribution in [-0.4, -0.2) is 77.9 Å². The number of anilines is 1. The number of ether oxygens (including phenoxy) is 1. The van der Waals surface area contributed by atoms with Gasteiger partial charge in [-0.15, -0.1) is 11.3 Å². The maximum atomic E-state index is 13.3. The average Bonchev–Trinajstić information content (AvgIpc) is 3.44. The molecule has 0 radical (unpaired) electrons. The van der Waals surface area contributed by atoms with Crippen LogP contribution in [0.25, 0.3) is 21.2 Å². The molecule has 1 saturated heterocycles. The van der Waals surface area contributed by atoms with Gasteiger partial charge in [-0.05, 0) is 37.2 Å². The van der Waals surface area contributed by atoms with Crippen molar-refractivity contribution in [3.63, 3.8) is 0 Å². The fraction of sp³-hybridized carbons (Fsp3) is 0.458. The number of benzene rings is 1. The summed E-state index contributed by atoms with van der Waals surface area (Å²) in [6.45, 7) is 6.90. The van der Waals surface area contributed by atoms with E-state index in [1.165, 1.54) is 10.4 Å². The molecule has 0 aliphatic carbocycles. The number of methoxy groups -OCH3 is 1. The van der Waals surface area contributed by atoms with E-state index in [1.54, 1.807) is 29.3 Å². The minimum absolute atomic E-state index is 0.105. The van der Waals surface area contributed by atoms with Crippen molar-refractivity contribution < 1.29 is 9.26 Å². The molecular formula is C24H28N6O3S. The molecule has 1 fully saturated rings. The lowest BCUT2D eigenvalue weighted by atomic mass is 10.1. The van der Waals surface area contributed by atoms with Crippen LogP contribution in [0.1, 0.15) is 10.4 Å². The van der Waals surface area contributed by atoms with E-state index in [4.69, 9.17) is 9.26 Å². The molecule has 3 aromatic heterocycles. The lowest BCUT2D eigenvalue weighted by Gasteiger charge is -2.34. The zero-order valence-electron chi connectivity index (χ0n) is 19.5. The number of likely N-dealkylation sites (N-methyl/N-ethyl adjacent to an activating group) is 1. The van der Waals surface area contributed by atoms with Crippen molar-refractivity contribution >= 4 is 38.3 Å². The van der Waals surface area contributed by atoms with Crippen LogP contribution in [0.4, 0.5) is 5.82 Å². The Bertz CT molecular complexity index is 1400. The number of fused-ring (bicyclic) bond motifs is 4. The number of piperazine rings is 1. The van der Waals surface area contributed by atoms with Crippen LogP contribution in [0.3, 0.4) is 0 Å². The van der Waals surface area contributed by atoms with Crippen molar-refractivity contribution in [1.29, 1.82) is 0 Å². The van der Waals surface area contributed by atoms with Crippen LogP contribution >= 0.6 is 11.3 Å². The van der Waals surface area contributed by atoms with Gasteiger partial charge in [-0.1, -0.05) is 5.16 Å². The summed E-state index contributed by atoms with van der Waals surface area (Å²) in [6.07, 6.45) is 2.65. The predicted molar refractivity (Wildman–Crippen MR) is 133 cm³/mol. The van der Waals surface area contributed by atoms with E-state index in [0.29, 0.717) is 6.54 Å². The molecule has 0 N–H and O–H groups in total. The van der Waals surface area contributed by atoms with Crippen LogP contribution in [0, 0.1) is 0 Å². The molecule has 4 aromatic rings. The summed E-state index contributed by atoms with van der Waals surface area (Å²) < 4.78 is 12.7. The van der Waals surface area contributed by atoms with Gasteiger partial charge in [0.2, 0.25) is 0 Å². The highest BCUT2D eigenvalue weighted by molar-refractivity contribution is 7.18. The minimum Gasteiger partial charge on any atom is -0.497 e. The Morgan fingerprint density at radius 2 is 2.00 bits per heavy atom. The highest BCUT2D eigenvalue weighted by atomic mass is 32.1. The normalized spacial score (nSPS) is 17.5. The quantitative estimate of drug-likeness (QED) is 0.431. The molecule has 0 unspecified atom stereocenters. The van der Waals surface area contributed by atoms with Gasteiger partial charge in [0.15, 0.2) is 11.4 Å². The zero-order valence-corrected chi connectivity index (χ0v) is 20.3. The summed E-state index contributed by atoms with van der Waals surface area (Å²) >= 11 is 1.67. The Kier molecular flexibility index (Phi) is 5.51. The first kappa shape index (κ1) is 21.6. The van der Waals surface area contributed by atoms with Gasteiger partial charge in [-0.25, -0.2) is 4.98 Å². The van der Waals surface area contributed by atoms with Crippen molar-refractivity contribution in [2.24, 2.45) is 0 Å². The maximum absolute atomic E-state index is 13.3. The van der Waals surface area contributed by atoms with E-state index in [9.17, 15) is 4.79 Å². The summed E-state index contributed by atoms with van der Waals surface area (Å²) in [5, 5.41) is 6.13. The number of hydrogen-bond acceptors (Lipinski definition) is 9. The highest BCUT2D eigenvalue weighted by Gasteiger charge is 2.24. The second-order valence-corrected chi connectivity index (χ2v) is 10.2. The second kappa shape index (κ2) is 8.68. The number of aromatic nitrogens is 3. The van der Waals surface area contributed by atoms with Gasteiger partial charge in [0.25, 0.3) is 5.56 Å². The molecule has 5 heterocycles. The van der Waals surface area contributed by atoms with Crippen molar-refractivity contribution in [3.05, 3.63) is 45.3 Å². The highest BCUT2D eigenvalue weighted by Crippen LogP contribution is 2.32. The van der Waals surface area contributed by atoms with Crippen LogP contribution in [0.5, 0.6) is 5.75 Å². The van der Waals surface area contributed by atoms with Crippen LogP contribution in [0.2, 0.25) is 0 Å². The molecule has 2 aliphatic heterocycles. The van der Waals surface area contributed by atoms with Gasteiger partial charge in [0.1, 0.15) is 10.6 Å². The molecular weight excluding hydrogens is 452 g/mol. The molecule has 0 saturated carbocycles.